The highest BCUT2D eigenvalue weighted by molar-refractivity contribution is 5.99. The van der Waals surface area contributed by atoms with Crippen molar-refractivity contribution in [3.8, 4) is 5.75 Å². The highest BCUT2D eigenvalue weighted by Gasteiger charge is 2.32. The maximum atomic E-state index is 12.3. The molecule has 3 rings (SSSR count). The molecule has 1 aliphatic carbocycles. The zero-order chi connectivity index (χ0) is 15.5. The third-order valence-corrected chi connectivity index (χ3v) is 3.87. The van der Waals surface area contributed by atoms with Crippen LogP contribution in [0.2, 0.25) is 0 Å². The van der Waals surface area contributed by atoms with Crippen LogP contribution in [0.5, 0.6) is 5.75 Å². The van der Waals surface area contributed by atoms with Crippen LogP contribution in [0.3, 0.4) is 0 Å². The Labute approximate surface area is 130 Å². The number of hydrogen-bond donors (Lipinski definition) is 0. The van der Waals surface area contributed by atoms with E-state index >= 15 is 0 Å². The van der Waals surface area contributed by atoms with E-state index in [1.807, 2.05) is 61.5 Å². The number of fused-ring (bicyclic) bond motifs is 1. The average molecular weight is 294 g/mol. The molecule has 1 unspecified atom stereocenters. The van der Waals surface area contributed by atoms with Gasteiger partial charge in [-0.15, -0.1) is 0 Å². The summed E-state index contributed by atoms with van der Waals surface area (Å²) in [6, 6.07) is 15.9. The summed E-state index contributed by atoms with van der Waals surface area (Å²) in [5.41, 5.74) is 3.87. The molecule has 0 aromatic heterocycles. The van der Waals surface area contributed by atoms with Crippen LogP contribution in [0.4, 0.5) is 0 Å². The van der Waals surface area contributed by atoms with Crippen molar-refractivity contribution in [3.63, 3.8) is 0 Å². The summed E-state index contributed by atoms with van der Waals surface area (Å²) >= 11 is 0. The van der Waals surface area contributed by atoms with E-state index in [4.69, 9.17) is 9.47 Å². The van der Waals surface area contributed by atoms with Crippen molar-refractivity contribution in [1.82, 2.24) is 0 Å². The van der Waals surface area contributed by atoms with E-state index in [1.165, 1.54) is 0 Å². The van der Waals surface area contributed by atoms with Crippen LogP contribution in [-0.2, 0) is 9.53 Å². The van der Waals surface area contributed by atoms with Crippen molar-refractivity contribution in [1.29, 1.82) is 0 Å². The highest BCUT2D eigenvalue weighted by atomic mass is 16.5. The number of ether oxygens (including phenoxy) is 2. The van der Waals surface area contributed by atoms with Crippen molar-refractivity contribution in [2.45, 2.75) is 12.8 Å². The van der Waals surface area contributed by atoms with E-state index in [2.05, 4.69) is 0 Å². The van der Waals surface area contributed by atoms with Gasteiger partial charge in [0.05, 0.1) is 13.7 Å². The molecular formula is C19H18O3. The monoisotopic (exact) mass is 294 g/mol. The Morgan fingerprint density at radius 1 is 1.14 bits per heavy atom. The summed E-state index contributed by atoms with van der Waals surface area (Å²) in [6.45, 7) is 2.19. The van der Waals surface area contributed by atoms with Crippen LogP contribution < -0.4 is 4.74 Å². The molecule has 3 heteroatoms. The number of carbonyl (C=O) groups is 1. The van der Waals surface area contributed by atoms with E-state index < -0.39 is 0 Å². The molecule has 1 aliphatic rings. The largest absolute Gasteiger partial charge is 0.497 e. The zero-order valence-corrected chi connectivity index (χ0v) is 12.7. The van der Waals surface area contributed by atoms with Crippen LogP contribution in [0, 0.1) is 0 Å². The SMILES string of the molecule is CCOC(=O)C1=Cc2ccc(OC)cc2C1c1ccccc1. The van der Waals surface area contributed by atoms with E-state index in [9.17, 15) is 4.79 Å². The fourth-order valence-electron chi connectivity index (χ4n) is 2.88. The summed E-state index contributed by atoms with van der Waals surface area (Å²) in [7, 11) is 1.65. The lowest BCUT2D eigenvalue weighted by molar-refractivity contribution is -0.138. The molecule has 0 heterocycles. The van der Waals surface area contributed by atoms with Crippen molar-refractivity contribution in [3.05, 3.63) is 70.8 Å². The fraction of sp³-hybridized carbons (Fsp3) is 0.211. The molecule has 2 aromatic rings. The van der Waals surface area contributed by atoms with Gasteiger partial charge in [-0.2, -0.15) is 0 Å². The van der Waals surface area contributed by atoms with E-state index in [1.54, 1.807) is 7.11 Å². The maximum absolute atomic E-state index is 12.3. The first kappa shape index (κ1) is 14.4. The molecular weight excluding hydrogens is 276 g/mol. The molecule has 0 fully saturated rings. The summed E-state index contributed by atoms with van der Waals surface area (Å²) in [6.07, 6.45) is 1.92. The first-order chi connectivity index (χ1) is 10.7. The van der Waals surface area contributed by atoms with E-state index in [0.29, 0.717) is 12.2 Å². The quantitative estimate of drug-likeness (QED) is 0.805. The van der Waals surface area contributed by atoms with Crippen molar-refractivity contribution < 1.29 is 14.3 Å². The maximum Gasteiger partial charge on any atom is 0.334 e. The molecule has 0 radical (unpaired) electrons. The van der Waals surface area contributed by atoms with Gasteiger partial charge in [-0.05, 0) is 41.8 Å². The lowest BCUT2D eigenvalue weighted by Gasteiger charge is -2.17. The van der Waals surface area contributed by atoms with Gasteiger partial charge < -0.3 is 9.47 Å². The Morgan fingerprint density at radius 2 is 1.91 bits per heavy atom. The summed E-state index contributed by atoms with van der Waals surface area (Å²) in [5, 5.41) is 0. The second-order valence-electron chi connectivity index (χ2n) is 5.16. The minimum atomic E-state index is -0.258. The van der Waals surface area contributed by atoms with Crippen LogP contribution in [0.15, 0.2) is 54.1 Å². The summed E-state index contributed by atoms with van der Waals surface area (Å²) in [5.74, 6) is 0.426. The number of rotatable bonds is 4. The average Bonchev–Trinajstić information content (AvgIpc) is 2.94. The van der Waals surface area contributed by atoms with Gasteiger partial charge in [0, 0.05) is 11.5 Å². The molecule has 0 bridgehead atoms. The molecule has 0 saturated carbocycles. The zero-order valence-electron chi connectivity index (χ0n) is 12.7. The van der Waals surface area contributed by atoms with Crippen molar-refractivity contribution in [2.75, 3.05) is 13.7 Å². The second-order valence-corrected chi connectivity index (χ2v) is 5.16. The molecule has 22 heavy (non-hydrogen) atoms. The molecule has 0 N–H and O–H groups in total. The third kappa shape index (κ3) is 2.50. The molecule has 2 aromatic carbocycles. The minimum Gasteiger partial charge on any atom is -0.497 e. The second kappa shape index (κ2) is 6.06. The predicted molar refractivity (Wildman–Crippen MR) is 85.9 cm³/mol. The number of benzene rings is 2. The molecule has 112 valence electrons. The molecule has 3 nitrogen and oxygen atoms in total. The number of methoxy groups -OCH3 is 1. The van der Waals surface area contributed by atoms with Gasteiger partial charge in [0.2, 0.25) is 0 Å². The van der Waals surface area contributed by atoms with Crippen molar-refractivity contribution >= 4 is 12.0 Å². The molecule has 1 atom stereocenters. The van der Waals surface area contributed by atoms with E-state index in [-0.39, 0.29) is 11.9 Å². The van der Waals surface area contributed by atoms with Crippen LogP contribution in [-0.4, -0.2) is 19.7 Å². The van der Waals surface area contributed by atoms with Gasteiger partial charge >= 0.3 is 5.97 Å². The van der Waals surface area contributed by atoms with Gasteiger partial charge in [0.25, 0.3) is 0 Å². The van der Waals surface area contributed by atoms with Crippen LogP contribution in [0.1, 0.15) is 29.5 Å². The van der Waals surface area contributed by atoms with E-state index in [0.717, 1.165) is 22.4 Å². The third-order valence-electron chi connectivity index (χ3n) is 3.87. The molecule has 0 aliphatic heterocycles. The fourth-order valence-corrected chi connectivity index (χ4v) is 2.88. The molecule has 0 saturated heterocycles. The Balaban J connectivity index is 2.10. The van der Waals surface area contributed by atoms with Crippen molar-refractivity contribution in [2.24, 2.45) is 0 Å². The Hall–Kier alpha value is -2.55. The van der Waals surface area contributed by atoms with Gasteiger partial charge in [0.1, 0.15) is 5.75 Å². The predicted octanol–water partition coefficient (Wildman–Crippen LogP) is 3.79. The van der Waals surface area contributed by atoms with Gasteiger partial charge in [-0.3, -0.25) is 0 Å². The lowest BCUT2D eigenvalue weighted by Crippen LogP contribution is -2.13. The first-order valence-corrected chi connectivity index (χ1v) is 7.36. The standard InChI is InChI=1S/C19H18O3/c1-3-22-19(20)17-11-14-9-10-15(21-2)12-16(14)18(17)13-7-5-4-6-8-13/h4-12,18H,3H2,1-2H3. The minimum absolute atomic E-state index is 0.106. The van der Waals surface area contributed by atoms with Gasteiger partial charge in [-0.1, -0.05) is 36.4 Å². The highest BCUT2D eigenvalue weighted by Crippen LogP contribution is 2.42. The summed E-state index contributed by atoms with van der Waals surface area (Å²) < 4.78 is 10.6. The Bertz CT molecular complexity index is 717. The number of esters is 1. The number of hydrogen-bond acceptors (Lipinski definition) is 3. The van der Waals surface area contributed by atoms with Gasteiger partial charge in [-0.25, -0.2) is 4.79 Å². The molecule has 0 amide bonds. The van der Waals surface area contributed by atoms with Crippen LogP contribution in [0.25, 0.3) is 6.08 Å². The Kier molecular flexibility index (Phi) is 3.96. The topological polar surface area (TPSA) is 35.5 Å². The first-order valence-electron chi connectivity index (χ1n) is 7.36. The van der Waals surface area contributed by atoms with Crippen LogP contribution >= 0.6 is 0 Å². The molecule has 0 spiro atoms. The van der Waals surface area contributed by atoms with Gasteiger partial charge in [0.15, 0.2) is 0 Å². The number of carbonyl (C=O) groups excluding carboxylic acids is 1. The lowest BCUT2D eigenvalue weighted by atomic mass is 9.88. The summed E-state index contributed by atoms with van der Waals surface area (Å²) in [4.78, 5) is 12.3. The Morgan fingerprint density at radius 3 is 2.59 bits per heavy atom. The normalized spacial score (nSPS) is 15.9. The smallest absolute Gasteiger partial charge is 0.334 e.